The second kappa shape index (κ2) is 3.74. The van der Waals surface area contributed by atoms with Gasteiger partial charge in [0.25, 0.3) is 0 Å². The Morgan fingerprint density at radius 3 is 3.13 bits per heavy atom. The van der Waals surface area contributed by atoms with Crippen LogP contribution in [0, 0.1) is 0 Å². The van der Waals surface area contributed by atoms with E-state index in [1.807, 2.05) is 6.07 Å². The van der Waals surface area contributed by atoms with Gasteiger partial charge < -0.3 is 5.32 Å². The monoisotopic (exact) mass is 201 g/mol. The fourth-order valence-electron chi connectivity index (χ4n) is 2.61. The fourth-order valence-corrected chi connectivity index (χ4v) is 2.61. The minimum atomic E-state index is 0.509. The molecule has 3 nitrogen and oxygen atoms in total. The van der Waals surface area contributed by atoms with E-state index in [1.54, 1.807) is 6.20 Å². The van der Waals surface area contributed by atoms with E-state index in [-0.39, 0.29) is 0 Å². The molecule has 2 aliphatic rings. The highest BCUT2D eigenvalue weighted by atomic mass is 15.1. The third-order valence-electron chi connectivity index (χ3n) is 3.36. The lowest BCUT2D eigenvalue weighted by atomic mass is 9.97. The summed E-state index contributed by atoms with van der Waals surface area (Å²) in [5, 5.41) is 11.8. The molecule has 1 saturated heterocycles. The second-order valence-electron chi connectivity index (χ2n) is 4.34. The minimum Gasteiger partial charge on any atom is -0.307 e. The van der Waals surface area contributed by atoms with Crippen molar-refractivity contribution in [2.24, 2.45) is 0 Å². The van der Waals surface area contributed by atoms with E-state index in [1.165, 1.54) is 31.3 Å². The highest BCUT2D eigenvalue weighted by molar-refractivity contribution is 5.67. The SMILES string of the molecule is C1=C(c2cccnn2)C2CC[C@H](CC1)N2. The summed E-state index contributed by atoms with van der Waals surface area (Å²) in [6, 6.07) is 5.24. The maximum Gasteiger partial charge on any atom is 0.0901 e. The summed E-state index contributed by atoms with van der Waals surface area (Å²) in [5.74, 6) is 0. The summed E-state index contributed by atoms with van der Waals surface area (Å²) in [4.78, 5) is 0. The molecular formula is C12H15N3. The molecule has 0 amide bonds. The molecule has 3 rings (SSSR count). The summed E-state index contributed by atoms with van der Waals surface area (Å²) in [5.41, 5.74) is 2.39. The van der Waals surface area contributed by atoms with Gasteiger partial charge in [0.2, 0.25) is 0 Å². The largest absolute Gasteiger partial charge is 0.307 e. The molecule has 0 aliphatic carbocycles. The van der Waals surface area contributed by atoms with Crippen LogP contribution in [0.4, 0.5) is 0 Å². The Morgan fingerprint density at radius 1 is 1.27 bits per heavy atom. The van der Waals surface area contributed by atoms with Crippen LogP contribution in [0.5, 0.6) is 0 Å². The maximum atomic E-state index is 4.20. The molecule has 15 heavy (non-hydrogen) atoms. The number of aromatic nitrogens is 2. The molecule has 2 atom stereocenters. The molecule has 2 aliphatic heterocycles. The Kier molecular flexibility index (Phi) is 2.25. The van der Waals surface area contributed by atoms with Crippen molar-refractivity contribution >= 4 is 5.57 Å². The maximum absolute atomic E-state index is 4.20. The molecule has 0 saturated carbocycles. The molecule has 1 aromatic rings. The average Bonchev–Trinajstić information content (AvgIpc) is 2.61. The molecule has 3 heterocycles. The summed E-state index contributed by atoms with van der Waals surface area (Å²) < 4.78 is 0. The molecule has 1 N–H and O–H groups in total. The number of nitrogens with zero attached hydrogens (tertiary/aromatic N) is 2. The lowest BCUT2D eigenvalue weighted by Crippen LogP contribution is -2.28. The van der Waals surface area contributed by atoms with E-state index in [0.29, 0.717) is 6.04 Å². The summed E-state index contributed by atoms with van der Waals surface area (Å²) in [7, 11) is 0. The Hall–Kier alpha value is -1.22. The Morgan fingerprint density at radius 2 is 2.27 bits per heavy atom. The van der Waals surface area contributed by atoms with Crippen LogP contribution >= 0.6 is 0 Å². The summed E-state index contributed by atoms with van der Waals surface area (Å²) >= 11 is 0. The van der Waals surface area contributed by atoms with Crippen molar-refractivity contribution in [1.82, 2.24) is 15.5 Å². The van der Waals surface area contributed by atoms with E-state index in [4.69, 9.17) is 0 Å². The van der Waals surface area contributed by atoms with Crippen molar-refractivity contribution in [3.8, 4) is 0 Å². The minimum absolute atomic E-state index is 0.509. The molecule has 0 radical (unpaired) electrons. The smallest absolute Gasteiger partial charge is 0.0901 e. The Labute approximate surface area is 89.6 Å². The molecule has 1 unspecified atom stereocenters. The van der Waals surface area contributed by atoms with E-state index in [2.05, 4.69) is 27.7 Å². The number of fused-ring (bicyclic) bond motifs is 2. The quantitative estimate of drug-likeness (QED) is 0.752. The molecule has 0 spiro atoms. The van der Waals surface area contributed by atoms with Crippen LogP contribution in [0.3, 0.4) is 0 Å². The lowest BCUT2D eigenvalue weighted by molar-refractivity contribution is 0.559. The molecule has 3 heteroatoms. The van der Waals surface area contributed by atoms with Crippen LogP contribution in [-0.2, 0) is 0 Å². The zero-order chi connectivity index (χ0) is 10.1. The first kappa shape index (κ1) is 9.04. The molecule has 1 fully saturated rings. The number of hydrogen-bond donors (Lipinski definition) is 1. The van der Waals surface area contributed by atoms with Crippen molar-refractivity contribution in [1.29, 1.82) is 0 Å². The van der Waals surface area contributed by atoms with Crippen molar-refractivity contribution < 1.29 is 0 Å². The van der Waals surface area contributed by atoms with Gasteiger partial charge in [-0.15, -0.1) is 0 Å². The lowest BCUT2D eigenvalue weighted by Gasteiger charge is -2.13. The Balaban J connectivity index is 1.94. The predicted octanol–water partition coefficient (Wildman–Crippen LogP) is 1.77. The van der Waals surface area contributed by atoms with Gasteiger partial charge in [0, 0.05) is 18.3 Å². The van der Waals surface area contributed by atoms with Crippen LogP contribution in [0.25, 0.3) is 5.57 Å². The van der Waals surface area contributed by atoms with Crippen molar-refractivity contribution in [3.63, 3.8) is 0 Å². The van der Waals surface area contributed by atoms with E-state index < -0.39 is 0 Å². The van der Waals surface area contributed by atoms with Gasteiger partial charge in [0.1, 0.15) is 0 Å². The number of rotatable bonds is 1. The van der Waals surface area contributed by atoms with Gasteiger partial charge in [-0.25, -0.2) is 0 Å². The normalized spacial score (nSPS) is 29.7. The van der Waals surface area contributed by atoms with Crippen molar-refractivity contribution in [2.45, 2.75) is 37.8 Å². The van der Waals surface area contributed by atoms with Crippen LogP contribution in [0.2, 0.25) is 0 Å². The van der Waals surface area contributed by atoms with Gasteiger partial charge in [-0.3, -0.25) is 0 Å². The molecular weight excluding hydrogens is 186 g/mol. The van der Waals surface area contributed by atoms with Gasteiger partial charge in [-0.1, -0.05) is 6.08 Å². The molecule has 0 aromatic carbocycles. The Bertz CT molecular complexity index is 372. The third kappa shape index (κ3) is 1.67. The van der Waals surface area contributed by atoms with Crippen LogP contribution < -0.4 is 5.32 Å². The summed E-state index contributed by atoms with van der Waals surface area (Å²) in [6.45, 7) is 0. The van der Waals surface area contributed by atoms with Gasteiger partial charge in [0.15, 0.2) is 0 Å². The first-order chi connectivity index (χ1) is 7.43. The average molecular weight is 201 g/mol. The summed E-state index contributed by atoms with van der Waals surface area (Å²) in [6.07, 6.45) is 9.04. The van der Waals surface area contributed by atoms with Gasteiger partial charge in [-0.2, -0.15) is 10.2 Å². The van der Waals surface area contributed by atoms with Gasteiger partial charge in [-0.05, 0) is 43.4 Å². The molecule has 78 valence electrons. The van der Waals surface area contributed by atoms with Crippen molar-refractivity contribution in [2.75, 3.05) is 0 Å². The van der Waals surface area contributed by atoms with Crippen LogP contribution in [-0.4, -0.2) is 22.3 Å². The fraction of sp³-hybridized carbons (Fsp3) is 0.500. The first-order valence-corrected chi connectivity index (χ1v) is 5.67. The zero-order valence-electron chi connectivity index (χ0n) is 8.69. The van der Waals surface area contributed by atoms with E-state index >= 15 is 0 Å². The second-order valence-corrected chi connectivity index (χ2v) is 4.34. The predicted molar refractivity (Wildman–Crippen MR) is 59.2 cm³/mol. The highest BCUT2D eigenvalue weighted by Crippen LogP contribution is 2.30. The number of nitrogens with one attached hydrogen (secondary N) is 1. The van der Waals surface area contributed by atoms with Crippen LogP contribution in [0.1, 0.15) is 31.4 Å². The van der Waals surface area contributed by atoms with Gasteiger partial charge >= 0.3 is 0 Å². The molecule has 2 bridgehead atoms. The van der Waals surface area contributed by atoms with E-state index in [0.717, 1.165) is 11.7 Å². The van der Waals surface area contributed by atoms with Gasteiger partial charge in [0.05, 0.1) is 5.69 Å². The topological polar surface area (TPSA) is 37.8 Å². The highest BCUT2D eigenvalue weighted by Gasteiger charge is 2.29. The zero-order valence-corrected chi connectivity index (χ0v) is 8.69. The van der Waals surface area contributed by atoms with Crippen molar-refractivity contribution in [3.05, 3.63) is 30.1 Å². The molecule has 1 aromatic heterocycles. The van der Waals surface area contributed by atoms with E-state index in [9.17, 15) is 0 Å². The van der Waals surface area contributed by atoms with Crippen LogP contribution in [0.15, 0.2) is 24.4 Å². The number of allylic oxidation sites excluding steroid dienone is 1. The standard InChI is InChI=1S/C12H15N3/c1-3-9-6-7-11(14-9)10(4-1)12-5-2-8-13-15-12/h2,4-5,8-9,11,14H,1,3,6-7H2/t9-,11?/m0/s1. The third-order valence-corrected chi connectivity index (χ3v) is 3.36. The first-order valence-electron chi connectivity index (χ1n) is 5.67. The number of hydrogen-bond acceptors (Lipinski definition) is 3.